The van der Waals surface area contributed by atoms with Gasteiger partial charge in [0.25, 0.3) is 0 Å². The molecule has 1 unspecified atom stereocenters. The minimum atomic E-state index is -0.176. The Bertz CT molecular complexity index is 655. The Hall–Kier alpha value is -1.23. The maximum Gasteiger partial charge on any atom is 0.123 e. The summed E-state index contributed by atoms with van der Waals surface area (Å²) >= 11 is 3.63. The van der Waals surface area contributed by atoms with Crippen LogP contribution in [0.5, 0.6) is 0 Å². The van der Waals surface area contributed by atoms with Crippen LogP contribution in [-0.2, 0) is 6.42 Å². The third kappa shape index (κ3) is 2.92. The maximum absolute atomic E-state index is 13.0. The molecule has 4 heteroatoms. The van der Waals surface area contributed by atoms with Crippen molar-refractivity contribution in [2.75, 3.05) is 6.54 Å². The molecule has 2 heterocycles. The van der Waals surface area contributed by atoms with Crippen LogP contribution in [0.1, 0.15) is 23.4 Å². The summed E-state index contributed by atoms with van der Waals surface area (Å²) in [6, 6.07) is 11.6. The van der Waals surface area contributed by atoms with Crippen LogP contribution in [0.2, 0.25) is 0 Å². The third-order valence-electron chi connectivity index (χ3n) is 3.31. The van der Waals surface area contributed by atoms with Gasteiger partial charge in [0, 0.05) is 20.3 Å². The van der Waals surface area contributed by atoms with Gasteiger partial charge in [-0.05, 0) is 48.2 Å². The molecule has 104 valence electrons. The lowest BCUT2D eigenvalue weighted by Gasteiger charge is -2.16. The summed E-state index contributed by atoms with van der Waals surface area (Å²) in [5.74, 6) is -0.176. The number of hydrogen-bond donors (Lipinski definition) is 1. The number of halogens is 1. The Balaban J connectivity index is 1.84. The number of fused-ring (bicyclic) bond motifs is 1. The third-order valence-corrected chi connectivity index (χ3v) is 5.51. The Morgan fingerprint density at radius 1 is 1.15 bits per heavy atom. The lowest BCUT2D eigenvalue weighted by Crippen LogP contribution is -2.22. The molecule has 0 aliphatic heterocycles. The molecule has 0 saturated heterocycles. The second-order valence-corrected chi connectivity index (χ2v) is 6.80. The van der Waals surface area contributed by atoms with Crippen LogP contribution in [0.25, 0.3) is 9.40 Å². The molecule has 0 aliphatic rings. The summed E-state index contributed by atoms with van der Waals surface area (Å²) in [6.45, 7) is 3.05. The van der Waals surface area contributed by atoms with Gasteiger partial charge in [-0.2, -0.15) is 0 Å². The van der Waals surface area contributed by atoms with Crippen molar-refractivity contribution in [2.24, 2.45) is 0 Å². The number of thiophene rings is 2. The number of hydrogen-bond acceptors (Lipinski definition) is 3. The fourth-order valence-corrected chi connectivity index (χ4v) is 4.53. The molecule has 1 nitrogen and oxygen atoms in total. The van der Waals surface area contributed by atoms with E-state index in [0.717, 1.165) is 18.5 Å². The van der Waals surface area contributed by atoms with Crippen LogP contribution in [0, 0.1) is 5.82 Å². The van der Waals surface area contributed by atoms with Gasteiger partial charge in [0.1, 0.15) is 5.82 Å². The fraction of sp³-hybridized carbons (Fsp3) is 0.250. The van der Waals surface area contributed by atoms with Gasteiger partial charge in [-0.25, -0.2) is 4.39 Å². The number of benzene rings is 1. The van der Waals surface area contributed by atoms with E-state index < -0.39 is 0 Å². The van der Waals surface area contributed by atoms with E-state index in [0.29, 0.717) is 6.04 Å². The molecule has 3 rings (SSSR count). The van der Waals surface area contributed by atoms with E-state index in [-0.39, 0.29) is 5.82 Å². The van der Waals surface area contributed by atoms with Gasteiger partial charge < -0.3 is 5.32 Å². The highest BCUT2D eigenvalue weighted by molar-refractivity contribution is 7.26. The van der Waals surface area contributed by atoms with Crippen molar-refractivity contribution in [1.82, 2.24) is 5.32 Å². The first-order chi connectivity index (χ1) is 9.76. The minimum absolute atomic E-state index is 0.176. The lowest BCUT2D eigenvalue weighted by atomic mass is 10.0. The molecule has 1 aromatic carbocycles. The molecule has 0 aliphatic carbocycles. The maximum atomic E-state index is 13.0. The molecule has 1 N–H and O–H groups in total. The summed E-state index contributed by atoms with van der Waals surface area (Å²) < 4.78 is 15.7. The molecule has 3 aromatic rings. The van der Waals surface area contributed by atoms with Gasteiger partial charge in [-0.1, -0.05) is 19.1 Å². The Kier molecular flexibility index (Phi) is 4.15. The number of rotatable bonds is 5. The van der Waals surface area contributed by atoms with Crippen molar-refractivity contribution < 1.29 is 4.39 Å². The Labute approximate surface area is 126 Å². The van der Waals surface area contributed by atoms with E-state index >= 15 is 0 Å². The first-order valence-corrected chi connectivity index (χ1v) is 8.40. The van der Waals surface area contributed by atoms with E-state index in [4.69, 9.17) is 0 Å². The monoisotopic (exact) mass is 305 g/mol. The number of likely N-dealkylation sites (N-methyl/N-ethyl adjacent to an activating group) is 1. The average Bonchev–Trinajstić information content (AvgIpc) is 3.01. The topological polar surface area (TPSA) is 12.0 Å². The highest BCUT2D eigenvalue weighted by atomic mass is 32.1. The molecule has 0 saturated carbocycles. The van der Waals surface area contributed by atoms with E-state index in [2.05, 4.69) is 29.8 Å². The zero-order chi connectivity index (χ0) is 13.9. The van der Waals surface area contributed by atoms with Crippen LogP contribution in [0.4, 0.5) is 4.39 Å². The fourth-order valence-electron chi connectivity index (χ4n) is 2.33. The van der Waals surface area contributed by atoms with Gasteiger partial charge >= 0.3 is 0 Å². The van der Waals surface area contributed by atoms with Crippen LogP contribution < -0.4 is 5.32 Å². The lowest BCUT2D eigenvalue weighted by molar-refractivity contribution is 0.557. The van der Waals surface area contributed by atoms with Crippen LogP contribution in [-0.4, -0.2) is 6.54 Å². The summed E-state index contributed by atoms with van der Waals surface area (Å²) in [5.41, 5.74) is 1.16. The van der Waals surface area contributed by atoms with E-state index in [1.165, 1.54) is 26.4 Å². The van der Waals surface area contributed by atoms with Crippen molar-refractivity contribution in [3.63, 3.8) is 0 Å². The van der Waals surface area contributed by atoms with E-state index in [9.17, 15) is 4.39 Å². The SMILES string of the molecule is CCNC(Cc1ccc(F)cc1)c1cc2sccc2s1. The largest absolute Gasteiger partial charge is 0.309 e. The quantitative estimate of drug-likeness (QED) is 0.700. The van der Waals surface area contributed by atoms with Gasteiger partial charge in [-0.15, -0.1) is 22.7 Å². The molecule has 0 fully saturated rings. The normalized spacial score (nSPS) is 12.9. The predicted molar refractivity (Wildman–Crippen MR) is 86.2 cm³/mol. The van der Waals surface area contributed by atoms with Crippen molar-refractivity contribution >= 4 is 32.1 Å². The zero-order valence-electron chi connectivity index (χ0n) is 11.2. The van der Waals surface area contributed by atoms with E-state index in [1.54, 1.807) is 11.3 Å². The Morgan fingerprint density at radius 3 is 2.65 bits per heavy atom. The van der Waals surface area contributed by atoms with Crippen LogP contribution in [0.15, 0.2) is 41.8 Å². The molecule has 0 spiro atoms. The highest BCUT2D eigenvalue weighted by Gasteiger charge is 2.15. The van der Waals surface area contributed by atoms with Crippen molar-refractivity contribution in [3.05, 3.63) is 58.0 Å². The average molecular weight is 305 g/mol. The van der Waals surface area contributed by atoms with Gasteiger partial charge in [0.05, 0.1) is 0 Å². The van der Waals surface area contributed by atoms with Gasteiger partial charge in [0.2, 0.25) is 0 Å². The second kappa shape index (κ2) is 6.04. The van der Waals surface area contributed by atoms with Gasteiger partial charge in [0.15, 0.2) is 0 Å². The first-order valence-electron chi connectivity index (χ1n) is 6.71. The zero-order valence-corrected chi connectivity index (χ0v) is 12.9. The summed E-state index contributed by atoms with van der Waals surface area (Å²) in [4.78, 5) is 1.36. The van der Waals surface area contributed by atoms with Gasteiger partial charge in [-0.3, -0.25) is 0 Å². The minimum Gasteiger partial charge on any atom is -0.309 e. The second-order valence-electron chi connectivity index (χ2n) is 4.74. The summed E-state index contributed by atoms with van der Waals surface area (Å²) in [6.07, 6.45) is 0.891. The molecule has 0 bridgehead atoms. The van der Waals surface area contributed by atoms with Crippen LogP contribution in [0.3, 0.4) is 0 Å². The summed E-state index contributed by atoms with van der Waals surface area (Å²) in [5, 5.41) is 5.67. The Morgan fingerprint density at radius 2 is 1.95 bits per heavy atom. The molecule has 2 aromatic heterocycles. The summed E-state index contributed by atoms with van der Waals surface area (Å²) in [7, 11) is 0. The van der Waals surface area contributed by atoms with Crippen molar-refractivity contribution in [3.8, 4) is 0 Å². The van der Waals surface area contributed by atoms with Crippen molar-refractivity contribution in [2.45, 2.75) is 19.4 Å². The first kappa shape index (κ1) is 13.7. The van der Waals surface area contributed by atoms with Crippen LogP contribution >= 0.6 is 22.7 Å². The van der Waals surface area contributed by atoms with E-state index in [1.807, 2.05) is 23.5 Å². The number of nitrogens with one attached hydrogen (secondary N) is 1. The predicted octanol–water partition coefficient (Wildman–Crippen LogP) is 5.00. The molecule has 1 atom stereocenters. The molecule has 0 amide bonds. The standard InChI is InChI=1S/C16H16FNS2/c1-2-18-13(9-11-3-5-12(17)6-4-11)15-10-16-14(20-15)7-8-19-16/h3-8,10,13,18H,2,9H2,1H3. The van der Waals surface area contributed by atoms with Crippen molar-refractivity contribution in [1.29, 1.82) is 0 Å². The molecule has 20 heavy (non-hydrogen) atoms. The molecular formula is C16H16FNS2. The molecule has 0 radical (unpaired) electrons. The highest BCUT2D eigenvalue weighted by Crippen LogP contribution is 2.34. The smallest absolute Gasteiger partial charge is 0.123 e. The molecular weight excluding hydrogens is 289 g/mol.